The fourth-order valence-electron chi connectivity index (χ4n) is 6.19. The monoisotopic (exact) mass is 478 g/mol. The van der Waals surface area contributed by atoms with E-state index >= 15 is 0 Å². The summed E-state index contributed by atoms with van der Waals surface area (Å²) in [4.78, 5) is 0. The molecule has 7 rings (SSSR count). The van der Waals surface area contributed by atoms with Gasteiger partial charge in [0.15, 0.2) is 0 Å². The predicted molar refractivity (Wildman–Crippen MR) is 152 cm³/mol. The van der Waals surface area contributed by atoms with Crippen molar-refractivity contribution in [1.29, 1.82) is 0 Å². The van der Waals surface area contributed by atoms with Crippen molar-refractivity contribution < 1.29 is 0 Å². The summed E-state index contributed by atoms with van der Waals surface area (Å²) in [7, 11) is 0. The van der Waals surface area contributed by atoms with Crippen LogP contribution < -0.4 is 0 Å². The molecule has 0 bridgehead atoms. The van der Waals surface area contributed by atoms with Crippen LogP contribution >= 0.6 is 11.6 Å². The fourth-order valence-corrected chi connectivity index (χ4v) is 6.38. The van der Waals surface area contributed by atoms with Crippen molar-refractivity contribution in [2.24, 2.45) is 0 Å². The predicted octanol–water partition coefficient (Wildman–Crippen LogP) is 9.52. The minimum atomic E-state index is -0.481. The van der Waals surface area contributed by atoms with Gasteiger partial charge in [-0.25, -0.2) is 0 Å². The van der Waals surface area contributed by atoms with Crippen molar-refractivity contribution in [3.63, 3.8) is 0 Å². The molecule has 0 spiro atoms. The molecule has 6 aromatic rings. The van der Waals surface area contributed by atoms with E-state index in [1.807, 2.05) is 6.07 Å². The van der Waals surface area contributed by atoms with E-state index in [1.54, 1.807) is 0 Å². The lowest BCUT2D eigenvalue weighted by atomic mass is 9.67. The van der Waals surface area contributed by atoms with Crippen LogP contribution in [0.3, 0.4) is 0 Å². The second-order valence-electron chi connectivity index (χ2n) is 9.43. The Morgan fingerprint density at radius 3 is 1.94 bits per heavy atom. The Hall–Kier alpha value is -4.13. The first kappa shape index (κ1) is 21.2. The van der Waals surface area contributed by atoms with Crippen molar-refractivity contribution in [1.82, 2.24) is 0 Å². The third-order valence-corrected chi connectivity index (χ3v) is 7.84. The Balaban J connectivity index is 1.72. The van der Waals surface area contributed by atoms with Gasteiger partial charge in [0.25, 0.3) is 0 Å². The lowest BCUT2D eigenvalue weighted by Crippen LogP contribution is -2.28. The highest BCUT2D eigenvalue weighted by molar-refractivity contribution is 6.30. The highest BCUT2D eigenvalue weighted by Crippen LogP contribution is 2.59. The maximum absolute atomic E-state index is 6.65. The Bertz CT molecular complexity index is 1730. The number of fused-ring (bicyclic) bond motifs is 5. The van der Waals surface area contributed by atoms with Crippen molar-refractivity contribution >= 4 is 22.4 Å². The third kappa shape index (κ3) is 2.95. The van der Waals surface area contributed by atoms with Gasteiger partial charge in [0.2, 0.25) is 0 Å². The van der Waals surface area contributed by atoms with E-state index in [0.29, 0.717) is 0 Å². The molecule has 0 fully saturated rings. The molecule has 1 aliphatic rings. The molecule has 6 aromatic carbocycles. The van der Waals surface area contributed by atoms with Crippen molar-refractivity contribution in [2.75, 3.05) is 0 Å². The number of halogens is 1. The van der Waals surface area contributed by atoms with Gasteiger partial charge in [-0.05, 0) is 67.4 Å². The molecule has 0 aromatic heterocycles. The molecule has 0 saturated carbocycles. The minimum Gasteiger partial charge on any atom is -0.0843 e. The average Bonchev–Trinajstić information content (AvgIpc) is 3.26. The molecule has 0 saturated heterocycles. The maximum atomic E-state index is 6.65. The average molecular weight is 479 g/mol. The van der Waals surface area contributed by atoms with Crippen LogP contribution in [0.2, 0.25) is 5.02 Å². The Labute approximate surface area is 216 Å². The molecule has 0 nitrogen and oxygen atoms in total. The molecule has 36 heavy (non-hydrogen) atoms. The zero-order valence-electron chi connectivity index (χ0n) is 19.7. The molecule has 1 atom stereocenters. The molecule has 0 heterocycles. The molecule has 1 heteroatoms. The first-order valence-electron chi connectivity index (χ1n) is 12.3. The molecular formula is C35H23Cl. The van der Waals surface area contributed by atoms with Gasteiger partial charge >= 0.3 is 0 Å². The van der Waals surface area contributed by atoms with E-state index in [4.69, 9.17) is 11.6 Å². The molecule has 0 N–H and O–H groups in total. The van der Waals surface area contributed by atoms with Crippen molar-refractivity contribution in [3.05, 3.63) is 167 Å². The molecule has 1 unspecified atom stereocenters. The molecule has 0 aliphatic heterocycles. The summed E-state index contributed by atoms with van der Waals surface area (Å²) in [5, 5.41) is 3.28. The SMILES string of the molecule is Clc1cccc(C2(c3ccccc3)c3cccc(-c4ccccc4)c3-c3c2ccc2ccccc32)c1. The van der Waals surface area contributed by atoms with Crippen LogP contribution in [0.1, 0.15) is 22.3 Å². The number of hydrogen-bond donors (Lipinski definition) is 0. The van der Waals surface area contributed by atoms with Crippen molar-refractivity contribution in [3.8, 4) is 22.3 Å². The van der Waals surface area contributed by atoms with Crippen LogP contribution in [0, 0.1) is 0 Å². The second-order valence-corrected chi connectivity index (χ2v) is 9.87. The standard InChI is InChI=1S/C35H23Cl/c36-28-17-9-16-27(23-28)35(26-14-5-2-6-15-26)31-20-10-19-30(24-11-3-1-4-12-24)33(31)34-29-18-8-7-13-25(29)21-22-32(34)35/h1-23H. The van der Waals surface area contributed by atoms with Crippen molar-refractivity contribution in [2.45, 2.75) is 5.41 Å². The fraction of sp³-hybridized carbons (Fsp3) is 0.0286. The van der Waals surface area contributed by atoms with E-state index in [1.165, 1.54) is 55.3 Å². The molecular weight excluding hydrogens is 456 g/mol. The molecule has 0 radical (unpaired) electrons. The van der Waals surface area contributed by atoms with Gasteiger partial charge < -0.3 is 0 Å². The number of benzene rings is 6. The zero-order valence-corrected chi connectivity index (χ0v) is 20.4. The summed E-state index contributed by atoms with van der Waals surface area (Å²) < 4.78 is 0. The van der Waals surface area contributed by atoms with Gasteiger partial charge in [0.05, 0.1) is 5.41 Å². The highest BCUT2D eigenvalue weighted by Gasteiger charge is 2.47. The smallest absolute Gasteiger partial charge is 0.0714 e. The minimum absolute atomic E-state index is 0.481. The van der Waals surface area contributed by atoms with Crippen LogP contribution in [0.25, 0.3) is 33.0 Å². The normalized spacial score (nSPS) is 16.0. The first-order valence-corrected chi connectivity index (χ1v) is 12.7. The zero-order chi connectivity index (χ0) is 24.1. The Kier molecular flexibility index (Phi) is 4.84. The summed E-state index contributed by atoms with van der Waals surface area (Å²) in [5.41, 5.74) is 9.64. The third-order valence-electron chi connectivity index (χ3n) is 7.60. The maximum Gasteiger partial charge on any atom is 0.0714 e. The van der Waals surface area contributed by atoms with Gasteiger partial charge in [-0.1, -0.05) is 139 Å². The Morgan fingerprint density at radius 2 is 1.14 bits per heavy atom. The summed E-state index contributed by atoms with van der Waals surface area (Å²) >= 11 is 6.65. The Morgan fingerprint density at radius 1 is 0.472 bits per heavy atom. The first-order chi connectivity index (χ1) is 17.8. The van der Waals surface area contributed by atoms with E-state index < -0.39 is 5.41 Å². The van der Waals surface area contributed by atoms with E-state index in [0.717, 1.165) is 5.02 Å². The second kappa shape index (κ2) is 8.22. The topological polar surface area (TPSA) is 0 Å². The summed E-state index contributed by atoms with van der Waals surface area (Å²) in [6.45, 7) is 0. The lowest BCUT2D eigenvalue weighted by Gasteiger charge is -2.34. The summed E-state index contributed by atoms with van der Waals surface area (Å²) in [5.74, 6) is 0. The van der Waals surface area contributed by atoms with Gasteiger partial charge in [-0.15, -0.1) is 0 Å². The summed E-state index contributed by atoms with van der Waals surface area (Å²) in [6, 6.07) is 50.1. The van der Waals surface area contributed by atoms with Gasteiger partial charge in [0, 0.05) is 5.02 Å². The quantitative estimate of drug-likeness (QED) is 0.237. The van der Waals surface area contributed by atoms with Gasteiger partial charge in [-0.3, -0.25) is 0 Å². The van der Waals surface area contributed by atoms with E-state index in [9.17, 15) is 0 Å². The van der Waals surface area contributed by atoms with Crippen LogP contribution in [-0.2, 0) is 5.41 Å². The number of hydrogen-bond acceptors (Lipinski definition) is 0. The van der Waals surface area contributed by atoms with E-state index in [2.05, 4.69) is 133 Å². The van der Waals surface area contributed by atoms with Crippen LogP contribution in [-0.4, -0.2) is 0 Å². The van der Waals surface area contributed by atoms with Crippen LogP contribution in [0.4, 0.5) is 0 Å². The number of rotatable bonds is 3. The van der Waals surface area contributed by atoms with Crippen LogP contribution in [0.5, 0.6) is 0 Å². The highest BCUT2D eigenvalue weighted by atomic mass is 35.5. The largest absolute Gasteiger partial charge is 0.0843 e. The lowest BCUT2D eigenvalue weighted by molar-refractivity contribution is 0.769. The molecule has 0 amide bonds. The van der Waals surface area contributed by atoms with Gasteiger partial charge in [-0.2, -0.15) is 0 Å². The molecule has 170 valence electrons. The van der Waals surface area contributed by atoms with Crippen LogP contribution in [0.15, 0.2) is 140 Å². The molecule has 1 aliphatic carbocycles. The summed E-state index contributed by atoms with van der Waals surface area (Å²) in [6.07, 6.45) is 0. The van der Waals surface area contributed by atoms with E-state index in [-0.39, 0.29) is 0 Å². The van der Waals surface area contributed by atoms with Gasteiger partial charge in [0.1, 0.15) is 0 Å².